The number of fused-ring (bicyclic) bond motifs is 2. The van der Waals surface area contributed by atoms with Crippen molar-refractivity contribution in [3.8, 4) is 17.1 Å². The Hall–Kier alpha value is -4.30. The van der Waals surface area contributed by atoms with Gasteiger partial charge in [-0.1, -0.05) is 73.2 Å². The number of benzene rings is 3. The van der Waals surface area contributed by atoms with Gasteiger partial charge in [-0.25, -0.2) is 0 Å². The average Bonchev–Trinajstić information content (AvgIpc) is 3.56. The molecule has 7 nitrogen and oxygen atoms in total. The van der Waals surface area contributed by atoms with Crippen molar-refractivity contribution in [2.75, 3.05) is 11.5 Å². The molecule has 184 valence electrons. The molecule has 8 heteroatoms. The van der Waals surface area contributed by atoms with Gasteiger partial charge in [-0.2, -0.15) is 9.50 Å². The normalized spacial score (nSPS) is 14.4. The van der Waals surface area contributed by atoms with Gasteiger partial charge in [-0.15, -0.1) is 5.10 Å². The second-order valence-corrected chi connectivity index (χ2v) is 9.84. The van der Waals surface area contributed by atoms with Crippen molar-refractivity contribution < 1.29 is 9.53 Å². The molecule has 0 fully saturated rings. The lowest BCUT2D eigenvalue weighted by molar-refractivity contribution is -0.113. The van der Waals surface area contributed by atoms with Crippen molar-refractivity contribution in [2.24, 2.45) is 0 Å². The maximum absolute atomic E-state index is 13.6. The number of nitrogens with zero attached hydrogens (tertiary/aromatic N) is 4. The first-order chi connectivity index (χ1) is 18.1. The van der Waals surface area contributed by atoms with Crippen LogP contribution in [0.4, 0.5) is 5.69 Å². The van der Waals surface area contributed by atoms with E-state index < -0.39 is 0 Å². The standard InChI is InChI=1S/C29H24N4O3S/c1-2-3-17-36-21-15-13-20(14-16-21)26-30-29-33(31-26)28(35)25(37-29)24-22-11-7-8-12-23(22)32(27(24)34)18-19-9-5-4-6-10-19/h4-16H,2-3,17-18H2,1H3. The monoisotopic (exact) mass is 508 g/mol. The van der Waals surface area contributed by atoms with Crippen LogP contribution in [0.1, 0.15) is 30.9 Å². The van der Waals surface area contributed by atoms with Crippen LogP contribution in [0.2, 0.25) is 0 Å². The smallest absolute Gasteiger partial charge is 0.291 e. The number of hydrogen-bond donors (Lipinski definition) is 0. The minimum absolute atomic E-state index is 0.189. The highest BCUT2D eigenvalue weighted by atomic mass is 32.1. The molecule has 0 radical (unpaired) electrons. The van der Waals surface area contributed by atoms with E-state index in [0.29, 0.717) is 34.0 Å². The number of anilines is 1. The van der Waals surface area contributed by atoms with E-state index in [0.717, 1.165) is 41.0 Å². The Labute approximate surface area is 217 Å². The van der Waals surface area contributed by atoms with E-state index in [1.165, 1.54) is 15.9 Å². The van der Waals surface area contributed by atoms with Crippen molar-refractivity contribution in [1.82, 2.24) is 14.6 Å². The molecule has 0 saturated heterocycles. The lowest BCUT2D eigenvalue weighted by Crippen LogP contribution is -2.32. The van der Waals surface area contributed by atoms with Crippen LogP contribution in [-0.2, 0) is 11.3 Å². The molecule has 2 aromatic heterocycles. The van der Waals surface area contributed by atoms with Crippen LogP contribution in [0.5, 0.6) is 5.75 Å². The number of rotatable bonds is 7. The molecule has 0 atom stereocenters. The molecular formula is C29H24N4O3S. The number of thiazole rings is 1. The molecule has 0 spiro atoms. The fraction of sp³-hybridized carbons (Fsp3) is 0.172. The van der Waals surface area contributed by atoms with Crippen LogP contribution in [-0.4, -0.2) is 27.1 Å². The first kappa shape index (κ1) is 23.1. The zero-order valence-electron chi connectivity index (χ0n) is 20.3. The Morgan fingerprint density at radius 3 is 2.43 bits per heavy atom. The van der Waals surface area contributed by atoms with E-state index in [1.807, 2.05) is 78.9 Å². The molecule has 1 aliphatic heterocycles. The second kappa shape index (κ2) is 9.63. The van der Waals surface area contributed by atoms with Crippen LogP contribution in [0, 0.1) is 0 Å². The fourth-order valence-electron chi connectivity index (χ4n) is 4.46. The summed E-state index contributed by atoms with van der Waals surface area (Å²) in [7, 11) is 0. The Morgan fingerprint density at radius 1 is 0.919 bits per heavy atom. The molecule has 5 aromatic rings. The van der Waals surface area contributed by atoms with Crippen LogP contribution in [0.3, 0.4) is 0 Å². The topological polar surface area (TPSA) is 76.8 Å². The molecule has 1 amide bonds. The van der Waals surface area contributed by atoms with Crippen LogP contribution < -0.4 is 19.7 Å². The van der Waals surface area contributed by atoms with Crippen LogP contribution >= 0.6 is 11.3 Å². The summed E-state index contributed by atoms with van der Waals surface area (Å²) in [5.41, 5.74) is 3.43. The summed E-state index contributed by atoms with van der Waals surface area (Å²) in [5, 5.41) is 4.47. The highest BCUT2D eigenvalue weighted by Gasteiger charge is 2.34. The number of carbonyl (C=O) groups excluding carboxylic acids is 1. The molecule has 37 heavy (non-hydrogen) atoms. The van der Waals surface area contributed by atoms with Crippen LogP contribution in [0.15, 0.2) is 83.7 Å². The predicted octanol–water partition coefficient (Wildman–Crippen LogP) is 4.46. The molecule has 3 heterocycles. The second-order valence-electron chi connectivity index (χ2n) is 8.86. The minimum atomic E-state index is -0.335. The third kappa shape index (κ3) is 4.19. The summed E-state index contributed by atoms with van der Waals surface area (Å²) < 4.78 is 7.38. The molecule has 0 unspecified atom stereocenters. The molecule has 3 aromatic carbocycles. The molecular weight excluding hydrogens is 484 g/mol. The first-order valence-electron chi connectivity index (χ1n) is 12.3. The quantitative estimate of drug-likeness (QED) is 0.304. The molecule has 6 rings (SSSR count). The van der Waals surface area contributed by atoms with Gasteiger partial charge in [0, 0.05) is 11.1 Å². The van der Waals surface area contributed by atoms with E-state index in [4.69, 9.17) is 4.74 Å². The van der Waals surface area contributed by atoms with E-state index in [9.17, 15) is 9.59 Å². The fourth-order valence-corrected chi connectivity index (χ4v) is 5.46. The molecule has 0 bridgehead atoms. The van der Waals surface area contributed by atoms with Crippen molar-refractivity contribution in [3.63, 3.8) is 0 Å². The summed E-state index contributed by atoms with van der Waals surface area (Å²) in [6.45, 7) is 3.23. The number of ether oxygens (including phenoxy) is 1. The summed E-state index contributed by atoms with van der Waals surface area (Å²) in [6, 6.07) is 25.0. The zero-order chi connectivity index (χ0) is 25.4. The number of unbranched alkanes of at least 4 members (excludes halogenated alkanes) is 1. The Balaban J connectivity index is 1.37. The van der Waals surface area contributed by atoms with Crippen molar-refractivity contribution in [1.29, 1.82) is 0 Å². The number of amides is 1. The number of para-hydroxylation sites is 1. The van der Waals surface area contributed by atoms with Crippen molar-refractivity contribution >= 4 is 33.5 Å². The lowest BCUT2D eigenvalue weighted by Gasteiger charge is -2.17. The zero-order valence-corrected chi connectivity index (χ0v) is 21.1. The Morgan fingerprint density at radius 2 is 1.68 bits per heavy atom. The number of aromatic nitrogens is 3. The van der Waals surface area contributed by atoms with E-state index in [2.05, 4.69) is 17.0 Å². The summed E-state index contributed by atoms with van der Waals surface area (Å²) in [6.07, 6.45) is 2.08. The van der Waals surface area contributed by atoms with Gasteiger partial charge < -0.3 is 9.64 Å². The predicted molar refractivity (Wildman–Crippen MR) is 145 cm³/mol. The maximum Gasteiger partial charge on any atom is 0.291 e. The third-order valence-corrected chi connectivity index (χ3v) is 7.40. The van der Waals surface area contributed by atoms with Gasteiger partial charge in [0.05, 0.1) is 24.4 Å². The van der Waals surface area contributed by atoms with E-state index >= 15 is 0 Å². The molecule has 1 aliphatic rings. The maximum atomic E-state index is 13.6. The summed E-state index contributed by atoms with van der Waals surface area (Å²) >= 11 is 1.20. The molecule has 0 saturated carbocycles. The van der Waals surface area contributed by atoms with Crippen molar-refractivity contribution in [3.05, 3.63) is 105 Å². The minimum Gasteiger partial charge on any atom is -0.494 e. The summed E-state index contributed by atoms with van der Waals surface area (Å²) in [4.78, 5) is 33.9. The van der Waals surface area contributed by atoms with Crippen molar-refractivity contribution in [2.45, 2.75) is 26.3 Å². The van der Waals surface area contributed by atoms with E-state index in [1.54, 1.807) is 4.90 Å². The summed E-state index contributed by atoms with van der Waals surface area (Å²) in [5.74, 6) is 1.06. The number of hydrogen-bond acceptors (Lipinski definition) is 6. The Bertz CT molecular complexity index is 1710. The first-order valence-corrected chi connectivity index (χ1v) is 13.1. The van der Waals surface area contributed by atoms with Crippen LogP contribution in [0.25, 0.3) is 21.9 Å². The highest BCUT2D eigenvalue weighted by Crippen LogP contribution is 2.36. The highest BCUT2D eigenvalue weighted by molar-refractivity contribution is 7.15. The van der Waals surface area contributed by atoms with Gasteiger partial charge in [-0.3, -0.25) is 9.59 Å². The van der Waals surface area contributed by atoms with Gasteiger partial charge in [-0.05, 0) is 42.3 Å². The van der Waals surface area contributed by atoms with Gasteiger partial charge >= 0.3 is 0 Å². The van der Waals surface area contributed by atoms with E-state index in [-0.39, 0.29) is 11.5 Å². The Kier molecular flexibility index (Phi) is 6.02. The largest absolute Gasteiger partial charge is 0.494 e. The van der Waals surface area contributed by atoms with Gasteiger partial charge in [0.1, 0.15) is 10.3 Å². The van der Waals surface area contributed by atoms with Gasteiger partial charge in [0.25, 0.3) is 11.5 Å². The SMILES string of the molecule is CCCCOc1ccc(-c2nc3sc(=C4C(=O)N(Cc5ccccc5)c5ccccc54)c(=O)n3n2)cc1. The average molecular weight is 509 g/mol. The van der Waals surface area contributed by atoms with Gasteiger partial charge in [0.15, 0.2) is 5.82 Å². The lowest BCUT2D eigenvalue weighted by atomic mass is 10.1. The number of carbonyl (C=O) groups is 1. The molecule has 0 aliphatic carbocycles. The third-order valence-electron chi connectivity index (χ3n) is 6.37. The molecule has 0 N–H and O–H groups in total. The van der Waals surface area contributed by atoms with Gasteiger partial charge in [0.2, 0.25) is 4.96 Å².